The molecule has 0 radical (unpaired) electrons. The third-order valence-corrected chi connectivity index (χ3v) is 5.13. The number of hydrogen-bond donors (Lipinski definition) is 1. The van der Waals surface area contributed by atoms with Gasteiger partial charge in [-0.3, -0.25) is 4.98 Å². The molecular formula is C16H19N3O2S. The number of aromatic nitrogens is 1. The first-order valence-electron chi connectivity index (χ1n) is 7.18. The van der Waals surface area contributed by atoms with Crippen LogP contribution < -0.4 is 5.32 Å². The van der Waals surface area contributed by atoms with E-state index in [9.17, 15) is 8.42 Å². The summed E-state index contributed by atoms with van der Waals surface area (Å²) in [4.78, 5) is 4.29. The maximum Gasteiger partial charge on any atom is 0.156 e. The summed E-state index contributed by atoms with van der Waals surface area (Å²) in [6.45, 7) is 2.06. The fourth-order valence-electron chi connectivity index (χ4n) is 2.33. The quantitative estimate of drug-likeness (QED) is 0.790. The third kappa shape index (κ3) is 4.52. The number of para-hydroxylation sites is 1. The molecule has 0 spiro atoms. The molecule has 6 heteroatoms. The first kappa shape index (κ1) is 16.4. The second-order valence-corrected chi connectivity index (χ2v) is 7.34. The van der Waals surface area contributed by atoms with Crippen molar-refractivity contribution in [3.05, 3.63) is 42.1 Å². The van der Waals surface area contributed by atoms with Crippen LogP contribution in [-0.4, -0.2) is 31.7 Å². The van der Waals surface area contributed by atoms with Gasteiger partial charge < -0.3 is 5.32 Å². The summed E-state index contributed by atoms with van der Waals surface area (Å²) in [6.07, 6.45) is 2.28. The Bertz CT molecular complexity index is 781. The fraction of sp³-hybridized carbons (Fsp3) is 0.375. The van der Waals surface area contributed by atoms with E-state index in [4.69, 9.17) is 5.26 Å². The zero-order valence-electron chi connectivity index (χ0n) is 12.5. The lowest BCUT2D eigenvalue weighted by Gasteiger charge is -2.15. The van der Waals surface area contributed by atoms with Crippen molar-refractivity contribution in [2.24, 2.45) is 0 Å². The molecule has 1 heterocycles. The monoisotopic (exact) mass is 317 g/mol. The molecule has 0 saturated carbocycles. The molecule has 1 N–H and O–H groups in total. The minimum atomic E-state index is -3.26. The number of nitrogens with one attached hydrogen (secondary N) is 1. The molecule has 0 aliphatic rings. The average molecular weight is 317 g/mol. The molecule has 0 aliphatic carbocycles. The molecule has 0 amide bonds. The lowest BCUT2D eigenvalue weighted by Crippen LogP contribution is -2.35. The van der Waals surface area contributed by atoms with Crippen LogP contribution in [0.3, 0.4) is 0 Å². The highest BCUT2D eigenvalue weighted by Gasteiger charge is 2.18. The second-order valence-electron chi connectivity index (χ2n) is 5.24. The summed E-state index contributed by atoms with van der Waals surface area (Å²) in [5, 5.41) is 12.4. The highest BCUT2D eigenvalue weighted by Crippen LogP contribution is 2.15. The molecule has 22 heavy (non-hydrogen) atoms. The van der Waals surface area contributed by atoms with Gasteiger partial charge in [-0.25, -0.2) is 8.42 Å². The van der Waals surface area contributed by atoms with Gasteiger partial charge in [0.1, 0.15) is 0 Å². The van der Waals surface area contributed by atoms with Crippen LogP contribution >= 0.6 is 0 Å². The van der Waals surface area contributed by atoms with Crippen molar-refractivity contribution in [1.82, 2.24) is 10.3 Å². The van der Waals surface area contributed by atoms with Crippen molar-refractivity contribution in [2.75, 3.05) is 12.3 Å². The lowest BCUT2D eigenvalue weighted by atomic mass is 10.2. The van der Waals surface area contributed by atoms with Crippen molar-refractivity contribution < 1.29 is 8.42 Å². The van der Waals surface area contributed by atoms with E-state index < -0.39 is 9.84 Å². The summed E-state index contributed by atoms with van der Waals surface area (Å²) in [6, 6.07) is 11.3. The third-order valence-electron chi connectivity index (χ3n) is 3.45. The summed E-state index contributed by atoms with van der Waals surface area (Å²) in [5.41, 5.74) is 1.54. The minimum Gasteiger partial charge on any atom is -0.301 e. The number of hydrogen-bond acceptors (Lipinski definition) is 5. The van der Waals surface area contributed by atoms with Crippen LogP contribution in [0.25, 0.3) is 10.9 Å². The molecule has 116 valence electrons. The first-order chi connectivity index (χ1) is 10.5. The van der Waals surface area contributed by atoms with Crippen LogP contribution in [0.15, 0.2) is 36.5 Å². The Kier molecular flexibility index (Phi) is 5.47. The molecule has 2 aromatic rings. The van der Waals surface area contributed by atoms with E-state index in [0.29, 0.717) is 12.0 Å². The average Bonchev–Trinajstić information content (AvgIpc) is 2.50. The smallest absolute Gasteiger partial charge is 0.156 e. The van der Waals surface area contributed by atoms with Gasteiger partial charge in [-0.2, -0.15) is 5.26 Å². The van der Waals surface area contributed by atoms with E-state index in [2.05, 4.69) is 10.3 Å². The molecule has 1 aromatic carbocycles. The molecule has 1 atom stereocenters. The number of rotatable bonds is 7. The van der Waals surface area contributed by atoms with Gasteiger partial charge in [-0.05, 0) is 24.1 Å². The predicted molar refractivity (Wildman–Crippen MR) is 86.9 cm³/mol. The summed E-state index contributed by atoms with van der Waals surface area (Å²) in [7, 11) is -3.26. The van der Waals surface area contributed by atoms with E-state index in [0.717, 1.165) is 10.9 Å². The Morgan fingerprint density at radius 3 is 2.86 bits per heavy atom. The number of nitriles is 1. The lowest BCUT2D eigenvalue weighted by molar-refractivity contribution is 0.543. The maximum absolute atomic E-state index is 12.3. The number of sulfone groups is 1. The van der Waals surface area contributed by atoms with Gasteiger partial charge >= 0.3 is 0 Å². The van der Waals surface area contributed by atoms with Gasteiger partial charge in [0.25, 0.3) is 0 Å². The number of nitrogens with zero attached hydrogens (tertiary/aromatic N) is 2. The van der Waals surface area contributed by atoms with Crippen LogP contribution in [0.1, 0.15) is 18.9 Å². The molecule has 2 rings (SSSR count). The topological polar surface area (TPSA) is 82.8 Å². The van der Waals surface area contributed by atoms with E-state index in [1.54, 1.807) is 6.20 Å². The molecule has 5 nitrogen and oxygen atoms in total. The Balaban J connectivity index is 2.11. The standard InChI is InChI=1S/C16H19N3O2S/c1-2-15(18-8-7-17)12-22(20,21)11-13-9-14-5-3-4-6-16(14)19-10-13/h3-6,9-10,15,18H,2,8,11-12H2,1H3. The Morgan fingerprint density at radius 2 is 2.14 bits per heavy atom. The van der Waals surface area contributed by atoms with Crippen molar-refractivity contribution in [1.29, 1.82) is 5.26 Å². The molecular weight excluding hydrogens is 298 g/mol. The van der Waals surface area contributed by atoms with Crippen LogP contribution in [0.5, 0.6) is 0 Å². The van der Waals surface area contributed by atoms with Crippen molar-refractivity contribution in [3.8, 4) is 6.07 Å². The first-order valence-corrected chi connectivity index (χ1v) is 9.00. The summed E-state index contributed by atoms with van der Waals surface area (Å²) >= 11 is 0. The van der Waals surface area contributed by atoms with Gasteiger partial charge in [0.15, 0.2) is 9.84 Å². The van der Waals surface area contributed by atoms with E-state index in [-0.39, 0.29) is 24.1 Å². The zero-order chi connectivity index (χ0) is 16.0. The van der Waals surface area contributed by atoms with Crippen molar-refractivity contribution in [3.63, 3.8) is 0 Å². The van der Waals surface area contributed by atoms with Crippen molar-refractivity contribution in [2.45, 2.75) is 25.1 Å². The van der Waals surface area contributed by atoms with Gasteiger partial charge in [0.05, 0.1) is 29.6 Å². The zero-order valence-corrected chi connectivity index (χ0v) is 13.3. The van der Waals surface area contributed by atoms with E-state index in [1.165, 1.54) is 0 Å². The highest BCUT2D eigenvalue weighted by atomic mass is 32.2. The van der Waals surface area contributed by atoms with Gasteiger partial charge in [0, 0.05) is 17.6 Å². The van der Waals surface area contributed by atoms with Crippen LogP contribution in [-0.2, 0) is 15.6 Å². The second kappa shape index (κ2) is 7.34. The molecule has 1 aromatic heterocycles. The molecule has 1 unspecified atom stereocenters. The normalized spacial score (nSPS) is 12.9. The predicted octanol–water partition coefficient (Wildman–Crippen LogP) is 2.04. The molecule has 0 aliphatic heterocycles. The Morgan fingerprint density at radius 1 is 1.36 bits per heavy atom. The minimum absolute atomic E-state index is 0.0258. The van der Waals surface area contributed by atoms with Gasteiger partial charge in [-0.15, -0.1) is 0 Å². The SMILES string of the molecule is CCC(CS(=O)(=O)Cc1cnc2ccccc2c1)NCC#N. The van der Waals surface area contributed by atoms with Crippen molar-refractivity contribution >= 4 is 20.7 Å². The van der Waals surface area contributed by atoms with Crippen LogP contribution in [0, 0.1) is 11.3 Å². The maximum atomic E-state index is 12.3. The number of pyridine rings is 1. The van der Waals surface area contributed by atoms with Crippen LogP contribution in [0.4, 0.5) is 0 Å². The van der Waals surface area contributed by atoms with E-state index in [1.807, 2.05) is 43.3 Å². The van der Waals surface area contributed by atoms with Crippen LogP contribution in [0.2, 0.25) is 0 Å². The molecule has 0 bridgehead atoms. The Hall–Kier alpha value is -1.97. The molecule has 0 saturated heterocycles. The van der Waals surface area contributed by atoms with Gasteiger partial charge in [0.2, 0.25) is 0 Å². The number of benzene rings is 1. The molecule has 0 fully saturated rings. The Labute approximate surface area is 130 Å². The van der Waals surface area contributed by atoms with E-state index >= 15 is 0 Å². The highest BCUT2D eigenvalue weighted by molar-refractivity contribution is 7.90. The largest absolute Gasteiger partial charge is 0.301 e. The number of fused-ring (bicyclic) bond motifs is 1. The van der Waals surface area contributed by atoms with Gasteiger partial charge in [-0.1, -0.05) is 25.1 Å². The summed E-state index contributed by atoms with van der Waals surface area (Å²) < 4.78 is 24.6. The fourth-order valence-corrected chi connectivity index (χ4v) is 4.08. The summed E-state index contributed by atoms with van der Waals surface area (Å²) in [5.74, 6) is -0.00637.